The zero-order chi connectivity index (χ0) is 9.45. The molecule has 12 heavy (non-hydrogen) atoms. The Hall–Kier alpha value is 0.430. The first-order chi connectivity index (χ1) is 5.74. The van der Waals surface area contributed by atoms with Gasteiger partial charge in [-0.15, -0.1) is 0 Å². The van der Waals surface area contributed by atoms with Crippen LogP contribution in [0.4, 0.5) is 0 Å². The van der Waals surface area contributed by atoms with Crippen molar-refractivity contribution in [2.45, 2.75) is 47.0 Å². The molecule has 0 saturated heterocycles. The van der Waals surface area contributed by atoms with Gasteiger partial charge in [-0.2, -0.15) is 0 Å². The zero-order valence-electron chi connectivity index (χ0n) is 9.45. The molecule has 0 fully saturated rings. The molecule has 0 bridgehead atoms. The molecule has 0 aliphatic rings. The molecule has 76 valence electrons. The Morgan fingerprint density at radius 1 is 0.750 bits per heavy atom. The van der Waals surface area contributed by atoms with Crippen molar-refractivity contribution >= 4 is 7.26 Å². The summed E-state index contributed by atoms with van der Waals surface area (Å²) in [6.45, 7) is 9.50. The monoisotopic (exact) mass is 190 g/mol. The fourth-order valence-corrected chi connectivity index (χ4v) is 6.49. The van der Waals surface area contributed by atoms with Gasteiger partial charge in [0, 0.05) is 0 Å². The summed E-state index contributed by atoms with van der Waals surface area (Å²) in [5, 5.41) is 0. The zero-order valence-corrected chi connectivity index (χ0v) is 10.4. The van der Waals surface area contributed by atoms with Crippen molar-refractivity contribution in [2.24, 2.45) is 0 Å². The first-order valence-corrected chi connectivity index (χ1v) is 8.57. The molecule has 0 aromatic rings. The summed E-state index contributed by atoms with van der Waals surface area (Å²) >= 11 is 0. The van der Waals surface area contributed by atoms with E-state index in [1.807, 2.05) is 0 Å². The molecule has 1 heteroatoms. The summed E-state index contributed by atoms with van der Waals surface area (Å²) in [5.41, 5.74) is 0. The van der Waals surface area contributed by atoms with Crippen LogP contribution in [0.1, 0.15) is 47.0 Å². The third-order valence-corrected chi connectivity index (χ3v) is 9.32. The maximum atomic E-state index is 2.42. The molecule has 0 aromatic carbocycles. The van der Waals surface area contributed by atoms with Crippen molar-refractivity contribution in [1.29, 1.82) is 0 Å². The third kappa shape index (κ3) is 3.90. The second-order valence-corrected chi connectivity index (χ2v) is 9.47. The van der Waals surface area contributed by atoms with Crippen LogP contribution in [-0.2, 0) is 0 Å². The summed E-state index contributed by atoms with van der Waals surface area (Å²) < 4.78 is 0. The Labute approximate surface area is 79.5 Å². The molecule has 0 spiro atoms. The standard InChI is InChI=1S/C11H27P/c1-5-9-11-12(7-3,8-4)10-6-2/h12H,5-11H2,1-4H3. The van der Waals surface area contributed by atoms with E-state index in [4.69, 9.17) is 0 Å². The molecular formula is C11H27P. The normalized spacial score (nSPS) is 13.3. The van der Waals surface area contributed by atoms with Crippen LogP contribution in [0.15, 0.2) is 0 Å². The second kappa shape index (κ2) is 6.89. The summed E-state index contributed by atoms with van der Waals surface area (Å²) in [6.07, 6.45) is 10.5. The maximum absolute atomic E-state index is 2.42. The Balaban J connectivity index is 3.95. The van der Waals surface area contributed by atoms with Gasteiger partial charge >= 0.3 is 78.9 Å². The molecule has 0 heterocycles. The van der Waals surface area contributed by atoms with Gasteiger partial charge in [-0.3, -0.25) is 0 Å². The average Bonchev–Trinajstić information content (AvgIpc) is 2.13. The summed E-state index contributed by atoms with van der Waals surface area (Å²) in [4.78, 5) is 0. The van der Waals surface area contributed by atoms with Crippen LogP contribution >= 0.6 is 7.26 Å². The molecule has 0 rings (SSSR count). The van der Waals surface area contributed by atoms with Crippen LogP contribution in [0.5, 0.6) is 0 Å². The molecule has 0 radical (unpaired) electrons. The van der Waals surface area contributed by atoms with Crippen molar-refractivity contribution in [2.75, 3.05) is 24.6 Å². The Bertz CT molecular complexity index is 95.2. The van der Waals surface area contributed by atoms with Gasteiger partial charge in [-0.05, 0) is 0 Å². The van der Waals surface area contributed by atoms with Gasteiger partial charge in [0.05, 0.1) is 0 Å². The first kappa shape index (κ1) is 12.4. The van der Waals surface area contributed by atoms with Gasteiger partial charge < -0.3 is 0 Å². The van der Waals surface area contributed by atoms with Crippen LogP contribution in [0.3, 0.4) is 0 Å². The minimum atomic E-state index is -0.764. The van der Waals surface area contributed by atoms with Crippen molar-refractivity contribution in [3.8, 4) is 0 Å². The van der Waals surface area contributed by atoms with Crippen LogP contribution in [-0.4, -0.2) is 24.6 Å². The summed E-state index contributed by atoms with van der Waals surface area (Å²) in [6, 6.07) is 0. The minimum absolute atomic E-state index is 0.764. The van der Waals surface area contributed by atoms with E-state index in [2.05, 4.69) is 27.7 Å². The van der Waals surface area contributed by atoms with E-state index in [9.17, 15) is 0 Å². The Morgan fingerprint density at radius 3 is 1.67 bits per heavy atom. The van der Waals surface area contributed by atoms with Crippen molar-refractivity contribution < 1.29 is 0 Å². The fraction of sp³-hybridized carbons (Fsp3) is 1.00. The molecule has 0 amide bonds. The number of rotatable bonds is 7. The molecule has 0 nitrogen and oxygen atoms in total. The van der Waals surface area contributed by atoms with Crippen molar-refractivity contribution in [3.05, 3.63) is 0 Å². The van der Waals surface area contributed by atoms with Crippen LogP contribution in [0.25, 0.3) is 0 Å². The van der Waals surface area contributed by atoms with E-state index in [1.54, 1.807) is 12.3 Å². The van der Waals surface area contributed by atoms with Gasteiger partial charge in [0.1, 0.15) is 0 Å². The molecule has 0 saturated carbocycles. The summed E-state index contributed by atoms with van der Waals surface area (Å²) in [7, 11) is -0.764. The predicted molar refractivity (Wildman–Crippen MR) is 64.3 cm³/mol. The van der Waals surface area contributed by atoms with Crippen LogP contribution in [0, 0.1) is 0 Å². The quantitative estimate of drug-likeness (QED) is 0.532. The molecule has 0 atom stereocenters. The van der Waals surface area contributed by atoms with E-state index in [0.717, 1.165) is 0 Å². The van der Waals surface area contributed by atoms with Crippen molar-refractivity contribution in [1.82, 2.24) is 0 Å². The Kier molecular flexibility index (Phi) is 7.14. The second-order valence-electron chi connectivity index (χ2n) is 4.06. The van der Waals surface area contributed by atoms with Crippen molar-refractivity contribution in [3.63, 3.8) is 0 Å². The predicted octanol–water partition coefficient (Wildman–Crippen LogP) is 3.99. The van der Waals surface area contributed by atoms with E-state index in [-0.39, 0.29) is 0 Å². The SMILES string of the molecule is CCCC[PH](CC)(CC)CCC. The molecule has 0 N–H and O–H groups in total. The Morgan fingerprint density at radius 2 is 1.33 bits per heavy atom. The fourth-order valence-electron chi connectivity index (χ4n) is 2.16. The van der Waals surface area contributed by atoms with E-state index >= 15 is 0 Å². The van der Waals surface area contributed by atoms with E-state index < -0.39 is 7.26 Å². The third-order valence-electron chi connectivity index (χ3n) is 3.34. The molecule has 0 unspecified atom stereocenters. The van der Waals surface area contributed by atoms with Crippen LogP contribution in [0.2, 0.25) is 0 Å². The molecule has 0 aliphatic carbocycles. The number of hydrogen-bond donors (Lipinski definition) is 0. The van der Waals surface area contributed by atoms with Gasteiger partial charge in [0.25, 0.3) is 0 Å². The molecule has 0 aromatic heterocycles. The van der Waals surface area contributed by atoms with Gasteiger partial charge in [-0.1, -0.05) is 0 Å². The number of hydrogen-bond acceptors (Lipinski definition) is 0. The van der Waals surface area contributed by atoms with Gasteiger partial charge in [0.15, 0.2) is 0 Å². The molecule has 0 aliphatic heterocycles. The van der Waals surface area contributed by atoms with Gasteiger partial charge in [0.2, 0.25) is 0 Å². The first-order valence-electron chi connectivity index (χ1n) is 5.74. The average molecular weight is 190 g/mol. The summed E-state index contributed by atoms with van der Waals surface area (Å²) in [5.74, 6) is 0. The number of unbranched alkanes of at least 4 members (excludes halogenated alkanes) is 1. The topological polar surface area (TPSA) is 0 Å². The van der Waals surface area contributed by atoms with Gasteiger partial charge in [-0.25, -0.2) is 0 Å². The van der Waals surface area contributed by atoms with E-state index in [1.165, 1.54) is 31.6 Å². The van der Waals surface area contributed by atoms with Crippen LogP contribution < -0.4 is 0 Å². The van der Waals surface area contributed by atoms with E-state index in [0.29, 0.717) is 0 Å². The molecular weight excluding hydrogens is 163 g/mol.